The highest BCUT2D eigenvalue weighted by molar-refractivity contribution is 6.34. The molecule has 0 saturated heterocycles. The first-order valence-electron chi connectivity index (χ1n) is 11.8. The fourth-order valence-electron chi connectivity index (χ4n) is 3.69. The molecular formula is C27H36ClN3O5. The second kappa shape index (κ2) is 12.2. The molecule has 0 aliphatic rings. The summed E-state index contributed by atoms with van der Waals surface area (Å²) in [4.78, 5) is 40.9. The molecule has 0 fully saturated rings. The monoisotopic (exact) mass is 517 g/mol. The van der Waals surface area contributed by atoms with E-state index in [9.17, 15) is 19.5 Å². The van der Waals surface area contributed by atoms with Crippen molar-refractivity contribution in [3.05, 3.63) is 63.7 Å². The number of anilines is 1. The lowest BCUT2D eigenvalue weighted by atomic mass is 9.98. The SMILES string of the molecule is CCN(C(=O)C(CO)NC(=O)OC(C)(C)C)C(C(=O)Nc1c(C)cccc1Cl)c1ccc(C)c(C)c1. The summed E-state index contributed by atoms with van der Waals surface area (Å²) >= 11 is 6.34. The van der Waals surface area contributed by atoms with Crippen molar-refractivity contribution in [1.82, 2.24) is 10.2 Å². The number of ether oxygens (including phenoxy) is 1. The molecule has 2 atom stereocenters. The molecule has 3 N–H and O–H groups in total. The molecule has 2 unspecified atom stereocenters. The van der Waals surface area contributed by atoms with Gasteiger partial charge in [0, 0.05) is 6.54 Å². The molecule has 0 radical (unpaired) electrons. The van der Waals surface area contributed by atoms with E-state index in [1.807, 2.05) is 39.0 Å². The van der Waals surface area contributed by atoms with Crippen molar-refractivity contribution in [3.8, 4) is 0 Å². The van der Waals surface area contributed by atoms with Gasteiger partial charge in [-0.25, -0.2) is 4.79 Å². The van der Waals surface area contributed by atoms with Gasteiger partial charge >= 0.3 is 6.09 Å². The average molecular weight is 518 g/mol. The van der Waals surface area contributed by atoms with Crippen LogP contribution in [0.4, 0.5) is 10.5 Å². The van der Waals surface area contributed by atoms with Crippen molar-refractivity contribution in [2.24, 2.45) is 0 Å². The fraction of sp³-hybridized carbons (Fsp3) is 0.444. The van der Waals surface area contributed by atoms with Crippen molar-refractivity contribution < 1.29 is 24.2 Å². The number of rotatable bonds is 8. The number of halogens is 1. The van der Waals surface area contributed by atoms with Crippen LogP contribution in [0.3, 0.4) is 0 Å². The first-order valence-corrected chi connectivity index (χ1v) is 12.2. The third-order valence-electron chi connectivity index (χ3n) is 5.67. The number of carbonyl (C=O) groups excluding carboxylic acids is 3. The van der Waals surface area contributed by atoms with Crippen LogP contribution in [0.1, 0.15) is 56.0 Å². The van der Waals surface area contributed by atoms with Gasteiger partial charge in [-0.15, -0.1) is 0 Å². The van der Waals surface area contributed by atoms with Crippen molar-refractivity contribution in [1.29, 1.82) is 0 Å². The Morgan fingerprint density at radius 2 is 1.72 bits per heavy atom. The van der Waals surface area contributed by atoms with Gasteiger partial charge in [-0.3, -0.25) is 9.59 Å². The first kappa shape index (κ1) is 29.1. The van der Waals surface area contributed by atoms with Gasteiger partial charge in [0.15, 0.2) is 0 Å². The molecule has 8 nitrogen and oxygen atoms in total. The maximum atomic E-state index is 13.7. The van der Waals surface area contributed by atoms with Crippen molar-refractivity contribution in [3.63, 3.8) is 0 Å². The van der Waals surface area contributed by atoms with Gasteiger partial charge in [-0.05, 0) is 76.8 Å². The number of alkyl carbamates (subject to hydrolysis) is 1. The zero-order chi connectivity index (χ0) is 27.2. The highest BCUT2D eigenvalue weighted by Gasteiger charge is 2.35. The van der Waals surface area contributed by atoms with Crippen LogP contribution >= 0.6 is 11.6 Å². The van der Waals surface area contributed by atoms with Crippen LogP contribution < -0.4 is 10.6 Å². The molecule has 2 aromatic rings. The number of aryl methyl sites for hydroxylation is 3. The van der Waals surface area contributed by atoms with Crippen molar-refractivity contribution in [2.75, 3.05) is 18.5 Å². The minimum atomic E-state index is -1.30. The zero-order valence-electron chi connectivity index (χ0n) is 21.9. The molecular weight excluding hydrogens is 482 g/mol. The Bertz CT molecular complexity index is 1090. The van der Waals surface area contributed by atoms with Gasteiger partial charge in [0.1, 0.15) is 17.7 Å². The number of aliphatic hydroxyl groups is 1. The molecule has 0 heterocycles. The van der Waals surface area contributed by atoms with Gasteiger partial charge in [-0.2, -0.15) is 0 Å². The van der Waals surface area contributed by atoms with Crippen LogP contribution in [0.25, 0.3) is 0 Å². The van der Waals surface area contributed by atoms with Crippen LogP contribution in [0.2, 0.25) is 5.02 Å². The number of hydrogen-bond donors (Lipinski definition) is 3. The van der Waals surface area contributed by atoms with Crippen molar-refractivity contribution in [2.45, 2.75) is 66.2 Å². The number of benzene rings is 2. The Morgan fingerprint density at radius 3 is 2.25 bits per heavy atom. The van der Waals surface area contributed by atoms with Gasteiger partial charge in [-0.1, -0.05) is 41.9 Å². The first-order chi connectivity index (χ1) is 16.8. The van der Waals surface area contributed by atoms with E-state index >= 15 is 0 Å². The van der Waals surface area contributed by atoms with Crippen LogP contribution in [0.15, 0.2) is 36.4 Å². The highest BCUT2D eigenvalue weighted by atomic mass is 35.5. The van der Waals surface area contributed by atoms with E-state index in [0.29, 0.717) is 16.3 Å². The lowest BCUT2D eigenvalue weighted by molar-refractivity contribution is -0.141. The number of nitrogens with zero attached hydrogens (tertiary/aromatic N) is 1. The molecule has 0 aliphatic carbocycles. The molecule has 196 valence electrons. The lowest BCUT2D eigenvalue weighted by Gasteiger charge is -2.33. The van der Waals surface area contributed by atoms with Crippen LogP contribution in [-0.4, -0.2) is 52.7 Å². The van der Waals surface area contributed by atoms with Gasteiger partial charge in [0.2, 0.25) is 5.91 Å². The number of aliphatic hydroxyl groups excluding tert-OH is 1. The topological polar surface area (TPSA) is 108 Å². The summed E-state index contributed by atoms with van der Waals surface area (Å²) in [5.41, 5.74) is 3.01. The van der Waals surface area contributed by atoms with E-state index < -0.39 is 42.2 Å². The summed E-state index contributed by atoms with van der Waals surface area (Å²) in [6.07, 6.45) is -0.843. The predicted octanol–water partition coefficient (Wildman–Crippen LogP) is 4.68. The summed E-state index contributed by atoms with van der Waals surface area (Å²) in [6, 6.07) is 8.44. The molecule has 9 heteroatoms. The van der Waals surface area contributed by atoms with E-state index in [-0.39, 0.29) is 6.54 Å². The van der Waals surface area contributed by atoms with Gasteiger partial charge in [0.05, 0.1) is 17.3 Å². The molecule has 2 aromatic carbocycles. The standard InChI is InChI=1S/C27H36ClN3O5/c1-8-31(25(34)21(15-32)29-26(35)36-27(5,6)7)23(19-13-12-16(2)18(4)14-19)24(33)30-22-17(3)10-9-11-20(22)28/h9-14,21,23,32H,8,15H2,1-7H3,(H,29,35)(H,30,33). The van der Waals surface area contributed by atoms with Crippen molar-refractivity contribution >= 4 is 35.2 Å². The summed E-state index contributed by atoms with van der Waals surface area (Å²) in [6.45, 7) is 12.0. The number of para-hydroxylation sites is 1. The predicted molar refractivity (Wildman–Crippen MR) is 141 cm³/mol. The minimum absolute atomic E-state index is 0.137. The number of likely N-dealkylation sites (N-methyl/N-ethyl adjacent to an activating group) is 1. The minimum Gasteiger partial charge on any atom is -0.444 e. The Balaban J connectivity index is 2.47. The number of nitrogens with one attached hydrogen (secondary N) is 2. The molecule has 3 amide bonds. The summed E-state index contributed by atoms with van der Waals surface area (Å²) in [7, 11) is 0. The van der Waals surface area contributed by atoms with E-state index in [1.165, 1.54) is 4.90 Å². The third kappa shape index (κ3) is 7.45. The van der Waals surface area contributed by atoms with E-state index in [1.54, 1.807) is 45.9 Å². The Labute approximate surface area is 218 Å². The summed E-state index contributed by atoms with van der Waals surface area (Å²) < 4.78 is 5.23. The number of amides is 3. The highest BCUT2D eigenvalue weighted by Crippen LogP contribution is 2.30. The third-order valence-corrected chi connectivity index (χ3v) is 5.99. The Kier molecular flexibility index (Phi) is 9.90. The van der Waals surface area contributed by atoms with Crippen LogP contribution in [-0.2, 0) is 14.3 Å². The van der Waals surface area contributed by atoms with Crippen LogP contribution in [0, 0.1) is 20.8 Å². The molecule has 0 bridgehead atoms. The maximum absolute atomic E-state index is 13.7. The number of carbonyl (C=O) groups is 3. The average Bonchev–Trinajstić information content (AvgIpc) is 2.78. The molecule has 0 saturated carbocycles. The molecule has 2 rings (SSSR count). The van der Waals surface area contributed by atoms with E-state index in [0.717, 1.165) is 16.7 Å². The summed E-state index contributed by atoms with van der Waals surface area (Å²) in [5, 5.41) is 15.6. The molecule has 0 aliphatic heterocycles. The van der Waals surface area contributed by atoms with Crippen LogP contribution in [0.5, 0.6) is 0 Å². The maximum Gasteiger partial charge on any atom is 0.408 e. The number of hydrogen-bond acceptors (Lipinski definition) is 5. The van der Waals surface area contributed by atoms with Gasteiger partial charge < -0.3 is 25.4 Å². The fourth-order valence-corrected chi connectivity index (χ4v) is 3.96. The smallest absolute Gasteiger partial charge is 0.408 e. The Morgan fingerprint density at radius 1 is 1.06 bits per heavy atom. The molecule has 0 spiro atoms. The molecule has 0 aromatic heterocycles. The zero-order valence-corrected chi connectivity index (χ0v) is 22.7. The Hall–Kier alpha value is -3.10. The summed E-state index contributed by atoms with van der Waals surface area (Å²) in [5.74, 6) is -1.10. The quantitative estimate of drug-likeness (QED) is 0.471. The largest absolute Gasteiger partial charge is 0.444 e. The normalized spacial score (nSPS) is 12.9. The van der Waals surface area contributed by atoms with E-state index in [4.69, 9.17) is 16.3 Å². The second-order valence-electron chi connectivity index (χ2n) is 9.67. The lowest BCUT2D eigenvalue weighted by Crippen LogP contribution is -2.53. The van der Waals surface area contributed by atoms with Gasteiger partial charge in [0.25, 0.3) is 5.91 Å². The second-order valence-corrected chi connectivity index (χ2v) is 10.1. The molecule has 36 heavy (non-hydrogen) atoms. The van der Waals surface area contributed by atoms with E-state index in [2.05, 4.69) is 10.6 Å².